The molecule has 0 aromatic carbocycles. The summed E-state index contributed by atoms with van der Waals surface area (Å²) in [4.78, 5) is 13.5. The van der Waals surface area contributed by atoms with Gasteiger partial charge in [0.05, 0.1) is 0 Å². The average Bonchev–Trinajstić information content (AvgIpc) is 2.44. The maximum Gasteiger partial charge on any atom is 0.222 e. The van der Waals surface area contributed by atoms with Gasteiger partial charge in [0, 0.05) is 24.8 Å². The molecule has 13 heavy (non-hydrogen) atoms. The van der Waals surface area contributed by atoms with Crippen molar-refractivity contribution in [1.29, 1.82) is 0 Å². The lowest BCUT2D eigenvalue weighted by Crippen LogP contribution is -2.27. The first-order valence-corrected chi connectivity index (χ1v) is 6.11. The van der Waals surface area contributed by atoms with Crippen molar-refractivity contribution in [1.82, 2.24) is 4.90 Å². The Morgan fingerprint density at radius 2 is 2.31 bits per heavy atom. The second-order valence-electron chi connectivity index (χ2n) is 4.09. The molecular formula is C10H18BrNO. The van der Waals surface area contributed by atoms with Crippen LogP contribution in [0.3, 0.4) is 0 Å². The van der Waals surface area contributed by atoms with Gasteiger partial charge in [0.25, 0.3) is 0 Å². The Morgan fingerprint density at radius 3 is 2.77 bits per heavy atom. The van der Waals surface area contributed by atoms with Crippen molar-refractivity contribution in [3.63, 3.8) is 0 Å². The molecule has 1 aliphatic rings. The molecule has 1 unspecified atom stereocenters. The normalized spacial score (nSPS) is 23.2. The molecule has 1 rings (SSSR count). The lowest BCUT2D eigenvalue weighted by molar-refractivity contribution is -0.127. The Kier molecular flexibility index (Phi) is 4.23. The summed E-state index contributed by atoms with van der Waals surface area (Å²) in [6.07, 6.45) is 1.83. The van der Waals surface area contributed by atoms with Crippen LogP contribution in [-0.4, -0.2) is 29.2 Å². The van der Waals surface area contributed by atoms with E-state index in [0.717, 1.165) is 31.3 Å². The number of amides is 1. The second kappa shape index (κ2) is 4.99. The minimum absolute atomic E-state index is 0.347. The highest BCUT2D eigenvalue weighted by atomic mass is 79.9. The Hall–Kier alpha value is -0.0500. The fourth-order valence-corrected chi connectivity index (χ4v) is 1.97. The van der Waals surface area contributed by atoms with Crippen molar-refractivity contribution >= 4 is 21.8 Å². The summed E-state index contributed by atoms with van der Waals surface area (Å²) in [5.41, 5.74) is 0. The van der Waals surface area contributed by atoms with Gasteiger partial charge in [0.1, 0.15) is 0 Å². The lowest BCUT2D eigenvalue weighted by atomic mass is 9.95. The van der Waals surface area contributed by atoms with Gasteiger partial charge >= 0.3 is 0 Å². The van der Waals surface area contributed by atoms with Gasteiger partial charge in [-0.25, -0.2) is 0 Å². The molecule has 0 radical (unpaired) electrons. The third-order valence-corrected chi connectivity index (χ3v) is 3.31. The summed E-state index contributed by atoms with van der Waals surface area (Å²) in [6.45, 7) is 6.30. The van der Waals surface area contributed by atoms with Crippen LogP contribution >= 0.6 is 15.9 Å². The van der Waals surface area contributed by atoms with Crippen molar-refractivity contribution in [3.05, 3.63) is 0 Å². The van der Waals surface area contributed by atoms with E-state index in [1.165, 1.54) is 0 Å². The molecule has 0 aromatic heterocycles. The highest BCUT2D eigenvalue weighted by Crippen LogP contribution is 2.24. The largest absolute Gasteiger partial charge is 0.342 e. The summed E-state index contributed by atoms with van der Waals surface area (Å²) >= 11 is 3.38. The molecule has 76 valence electrons. The van der Waals surface area contributed by atoms with Gasteiger partial charge in [-0.05, 0) is 18.3 Å². The van der Waals surface area contributed by atoms with E-state index in [4.69, 9.17) is 0 Å². The SMILES string of the molecule is CC(C)C1CC(=O)N(CCCBr)C1. The number of nitrogens with zero attached hydrogens (tertiary/aromatic N) is 1. The summed E-state index contributed by atoms with van der Waals surface area (Å²) in [7, 11) is 0. The highest BCUT2D eigenvalue weighted by molar-refractivity contribution is 9.09. The van der Waals surface area contributed by atoms with Crippen molar-refractivity contribution in [2.45, 2.75) is 26.7 Å². The first-order valence-electron chi connectivity index (χ1n) is 4.99. The van der Waals surface area contributed by atoms with E-state index in [9.17, 15) is 4.79 Å². The van der Waals surface area contributed by atoms with Crippen LogP contribution in [0.25, 0.3) is 0 Å². The molecule has 1 amide bonds. The van der Waals surface area contributed by atoms with Crippen molar-refractivity contribution in [3.8, 4) is 0 Å². The zero-order valence-electron chi connectivity index (χ0n) is 8.42. The van der Waals surface area contributed by atoms with Crippen LogP contribution in [0.5, 0.6) is 0 Å². The topological polar surface area (TPSA) is 20.3 Å². The second-order valence-corrected chi connectivity index (χ2v) is 4.88. The van der Waals surface area contributed by atoms with Gasteiger partial charge in [-0.2, -0.15) is 0 Å². The first kappa shape index (κ1) is 11.0. The molecule has 1 atom stereocenters. The van der Waals surface area contributed by atoms with Gasteiger partial charge in [-0.15, -0.1) is 0 Å². The molecular weight excluding hydrogens is 230 g/mol. The zero-order valence-corrected chi connectivity index (χ0v) is 10.0. The fourth-order valence-electron chi connectivity index (χ4n) is 1.72. The van der Waals surface area contributed by atoms with E-state index in [0.29, 0.717) is 17.7 Å². The maximum absolute atomic E-state index is 11.5. The van der Waals surface area contributed by atoms with Crippen LogP contribution in [-0.2, 0) is 4.79 Å². The van der Waals surface area contributed by atoms with E-state index < -0.39 is 0 Å². The predicted molar refractivity (Wildman–Crippen MR) is 57.9 cm³/mol. The standard InChI is InChI=1S/C10H18BrNO/c1-8(2)9-6-10(13)12(7-9)5-3-4-11/h8-9H,3-7H2,1-2H3. The van der Waals surface area contributed by atoms with E-state index >= 15 is 0 Å². The molecule has 0 aliphatic carbocycles. The van der Waals surface area contributed by atoms with Gasteiger partial charge < -0.3 is 4.90 Å². The first-order chi connectivity index (χ1) is 6.15. The molecule has 0 N–H and O–H groups in total. The average molecular weight is 248 g/mol. The van der Waals surface area contributed by atoms with Crippen LogP contribution < -0.4 is 0 Å². The molecule has 0 saturated carbocycles. The fraction of sp³-hybridized carbons (Fsp3) is 0.900. The molecule has 1 fully saturated rings. The minimum atomic E-state index is 0.347. The number of halogens is 1. The summed E-state index contributed by atoms with van der Waals surface area (Å²) in [5, 5.41) is 0.989. The number of likely N-dealkylation sites (tertiary alicyclic amines) is 1. The minimum Gasteiger partial charge on any atom is -0.342 e. The van der Waals surface area contributed by atoms with Crippen molar-refractivity contribution < 1.29 is 4.79 Å². The predicted octanol–water partition coefficient (Wildman–Crippen LogP) is 2.28. The molecule has 3 heteroatoms. The summed E-state index contributed by atoms with van der Waals surface area (Å²) in [6, 6.07) is 0. The zero-order chi connectivity index (χ0) is 9.84. The molecule has 0 spiro atoms. The number of rotatable bonds is 4. The Bertz CT molecular complexity index is 182. The van der Waals surface area contributed by atoms with Crippen LogP contribution in [0, 0.1) is 11.8 Å². The van der Waals surface area contributed by atoms with Gasteiger partial charge in [0.2, 0.25) is 5.91 Å². The van der Waals surface area contributed by atoms with Gasteiger partial charge in [-0.1, -0.05) is 29.8 Å². The number of carbonyl (C=O) groups excluding carboxylic acids is 1. The van der Waals surface area contributed by atoms with Crippen LogP contribution in [0.15, 0.2) is 0 Å². The summed E-state index contributed by atoms with van der Waals surface area (Å²) < 4.78 is 0. The Balaban J connectivity index is 2.37. The van der Waals surface area contributed by atoms with E-state index in [1.54, 1.807) is 0 Å². The van der Waals surface area contributed by atoms with Crippen molar-refractivity contribution in [2.75, 3.05) is 18.4 Å². The molecule has 1 aliphatic heterocycles. The number of hydrogen-bond donors (Lipinski definition) is 0. The monoisotopic (exact) mass is 247 g/mol. The van der Waals surface area contributed by atoms with Gasteiger partial charge in [0.15, 0.2) is 0 Å². The third kappa shape index (κ3) is 2.97. The molecule has 1 heterocycles. The molecule has 1 saturated heterocycles. The van der Waals surface area contributed by atoms with Gasteiger partial charge in [-0.3, -0.25) is 4.79 Å². The summed E-state index contributed by atoms with van der Waals surface area (Å²) in [5.74, 6) is 1.57. The van der Waals surface area contributed by atoms with Crippen LogP contribution in [0.2, 0.25) is 0 Å². The number of carbonyl (C=O) groups is 1. The molecule has 0 aromatic rings. The Morgan fingerprint density at radius 1 is 1.62 bits per heavy atom. The molecule has 2 nitrogen and oxygen atoms in total. The highest BCUT2D eigenvalue weighted by Gasteiger charge is 2.30. The maximum atomic E-state index is 11.5. The van der Waals surface area contributed by atoms with E-state index in [-0.39, 0.29) is 0 Å². The van der Waals surface area contributed by atoms with Crippen LogP contribution in [0.4, 0.5) is 0 Å². The van der Waals surface area contributed by atoms with E-state index in [2.05, 4.69) is 29.8 Å². The quantitative estimate of drug-likeness (QED) is 0.699. The van der Waals surface area contributed by atoms with Crippen molar-refractivity contribution in [2.24, 2.45) is 11.8 Å². The van der Waals surface area contributed by atoms with Crippen LogP contribution in [0.1, 0.15) is 26.7 Å². The Labute approximate surface area is 88.8 Å². The van der Waals surface area contributed by atoms with E-state index in [1.807, 2.05) is 4.90 Å². The third-order valence-electron chi connectivity index (χ3n) is 2.75. The lowest BCUT2D eigenvalue weighted by Gasteiger charge is -2.17. The smallest absolute Gasteiger partial charge is 0.222 e. The molecule has 0 bridgehead atoms. The number of alkyl halides is 1. The number of hydrogen-bond acceptors (Lipinski definition) is 1.